The van der Waals surface area contributed by atoms with Gasteiger partial charge < -0.3 is 5.73 Å². The molecule has 20 heavy (non-hydrogen) atoms. The summed E-state index contributed by atoms with van der Waals surface area (Å²) in [4.78, 5) is 3.89. The summed E-state index contributed by atoms with van der Waals surface area (Å²) < 4.78 is 37.5. The second kappa shape index (κ2) is 6.39. The zero-order valence-corrected chi connectivity index (χ0v) is 11.3. The molecule has 110 valence electrons. The van der Waals surface area contributed by atoms with E-state index in [0.29, 0.717) is 5.69 Å². The van der Waals surface area contributed by atoms with Gasteiger partial charge in [-0.1, -0.05) is 24.5 Å². The lowest BCUT2D eigenvalue weighted by molar-refractivity contribution is -0.137. The first-order chi connectivity index (χ1) is 9.48. The molecule has 0 fully saturated rings. The Balaban J connectivity index is 2.13. The smallest absolute Gasteiger partial charge is 0.319 e. The van der Waals surface area contributed by atoms with Crippen molar-refractivity contribution in [3.05, 3.63) is 41.2 Å². The topological polar surface area (TPSA) is 38.9 Å². The van der Waals surface area contributed by atoms with Gasteiger partial charge in [0.2, 0.25) is 0 Å². The van der Waals surface area contributed by atoms with E-state index in [1.54, 1.807) is 0 Å². The fourth-order valence-corrected chi connectivity index (χ4v) is 2.45. The molecular formula is C15H19F3N2. The van der Waals surface area contributed by atoms with Crippen LogP contribution in [0.1, 0.15) is 55.8 Å². The highest BCUT2D eigenvalue weighted by molar-refractivity contribution is 5.25. The van der Waals surface area contributed by atoms with Crippen LogP contribution >= 0.6 is 0 Å². The SMILES string of the molecule is NC(/C1=C/CCCCCC1)c1ccc(C(F)(F)F)cn1. The van der Waals surface area contributed by atoms with Crippen molar-refractivity contribution in [3.63, 3.8) is 0 Å². The first kappa shape index (κ1) is 15.0. The largest absolute Gasteiger partial charge is 0.417 e. The molecule has 0 saturated heterocycles. The van der Waals surface area contributed by atoms with Gasteiger partial charge in [0.05, 0.1) is 17.3 Å². The average molecular weight is 284 g/mol. The first-order valence-electron chi connectivity index (χ1n) is 6.96. The summed E-state index contributed by atoms with van der Waals surface area (Å²) in [6.45, 7) is 0. The molecule has 5 heteroatoms. The van der Waals surface area contributed by atoms with Crippen LogP contribution in [0.4, 0.5) is 13.2 Å². The van der Waals surface area contributed by atoms with E-state index in [4.69, 9.17) is 5.73 Å². The van der Waals surface area contributed by atoms with Crippen molar-refractivity contribution in [3.8, 4) is 0 Å². The standard InChI is InChI=1S/C15H19F3N2/c16-15(17,18)12-8-9-13(20-10-12)14(19)11-6-4-2-1-3-5-7-11/h6,8-10,14H,1-5,7,19H2/b11-6+. The molecule has 2 N–H and O–H groups in total. The van der Waals surface area contributed by atoms with E-state index in [2.05, 4.69) is 11.1 Å². The minimum atomic E-state index is -4.35. The lowest BCUT2D eigenvalue weighted by Gasteiger charge is -2.18. The molecule has 1 aromatic heterocycles. The summed E-state index contributed by atoms with van der Waals surface area (Å²) in [5, 5.41) is 0. The van der Waals surface area contributed by atoms with E-state index in [1.807, 2.05) is 0 Å². The molecule has 0 saturated carbocycles. The quantitative estimate of drug-likeness (QED) is 0.818. The summed E-state index contributed by atoms with van der Waals surface area (Å²) in [6.07, 6.45) is 5.18. The minimum Gasteiger partial charge on any atom is -0.319 e. The van der Waals surface area contributed by atoms with Crippen molar-refractivity contribution in [1.29, 1.82) is 0 Å². The average Bonchev–Trinajstić information content (AvgIpc) is 2.37. The molecule has 1 aliphatic rings. The van der Waals surface area contributed by atoms with E-state index >= 15 is 0 Å². The number of pyridine rings is 1. The second-order valence-electron chi connectivity index (χ2n) is 5.18. The van der Waals surface area contributed by atoms with Crippen molar-refractivity contribution in [2.75, 3.05) is 0 Å². The third-order valence-electron chi connectivity index (χ3n) is 3.66. The monoisotopic (exact) mass is 284 g/mol. The van der Waals surface area contributed by atoms with E-state index in [0.717, 1.165) is 43.5 Å². The number of aromatic nitrogens is 1. The van der Waals surface area contributed by atoms with Crippen molar-refractivity contribution >= 4 is 0 Å². The van der Waals surface area contributed by atoms with Crippen molar-refractivity contribution in [1.82, 2.24) is 4.98 Å². The number of hydrogen-bond donors (Lipinski definition) is 1. The van der Waals surface area contributed by atoms with Crippen molar-refractivity contribution < 1.29 is 13.2 Å². The van der Waals surface area contributed by atoms with Gasteiger partial charge in [-0.15, -0.1) is 0 Å². The Morgan fingerprint density at radius 2 is 1.85 bits per heavy atom. The highest BCUT2D eigenvalue weighted by Crippen LogP contribution is 2.30. The predicted molar refractivity (Wildman–Crippen MR) is 72.0 cm³/mol. The van der Waals surface area contributed by atoms with Gasteiger partial charge in [0.25, 0.3) is 0 Å². The van der Waals surface area contributed by atoms with Crippen LogP contribution in [0.2, 0.25) is 0 Å². The second-order valence-corrected chi connectivity index (χ2v) is 5.18. The van der Waals surface area contributed by atoms with Crippen LogP contribution in [0.25, 0.3) is 0 Å². The van der Waals surface area contributed by atoms with Gasteiger partial charge in [-0.25, -0.2) is 0 Å². The number of alkyl halides is 3. The molecule has 1 heterocycles. The van der Waals surface area contributed by atoms with Gasteiger partial charge in [-0.2, -0.15) is 13.2 Å². The maximum Gasteiger partial charge on any atom is 0.417 e. The molecule has 1 aliphatic carbocycles. The fraction of sp³-hybridized carbons (Fsp3) is 0.533. The van der Waals surface area contributed by atoms with E-state index in [9.17, 15) is 13.2 Å². The fourth-order valence-electron chi connectivity index (χ4n) is 2.45. The lowest BCUT2D eigenvalue weighted by atomic mass is 9.93. The minimum absolute atomic E-state index is 0.393. The Morgan fingerprint density at radius 3 is 2.50 bits per heavy atom. The predicted octanol–water partition coefficient (Wildman–Crippen LogP) is 4.38. The number of halogens is 3. The van der Waals surface area contributed by atoms with Gasteiger partial charge in [-0.3, -0.25) is 4.98 Å². The molecule has 1 atom stereocenters. The number of hydrogen-bond acceptors (Lipinski definition) is 2. The van der Waals surface area contributed by atoms with Crippen LogP contribution < -0.4 is 5.73 Å². The van der Waals surface area contributed by atoms with Crippen LogP contribution in [-0.2, 0) is 6.18 Å². The maximum atomic E-state index is 12.5. The number of nitrogens with two attached hydrogens (primary N) is 1. The summed E-state index contributed by atoms with van der Waals surface area (Å²) in [5.74, 6) is 0. The van der Waals surface area contributed by atoms with E-state index in [-0.39, 0.29) is 0 Å². The molecule has 2 rings (SSSR count). The van der Waals surface area contributed by atoms with Crippen molar-refractivity contribution in [2.24, 2.45) is 5.73 Å². The molecule has 0 aliphatic heterocycles. The Kier molecular flexibility index (Phi) is 4.81. The number of nitrogens with zero attached hydrogens (tertiary/aromatic N) is 1. The number of rotatable bonds is 2. The summed E-state index contributed by atoms with van der Waals surface area (Å²) in [5.41, 5.74) is 7.00. The molecule has 0 amide bonds. The molecule has 0 spiro atoms. The summed E-state index contributed by atoms with van der Waals surface area (Å²) >= 11 is 0. The van der Waals surface area contributed by atoms with Crippen LogP contribution in [0, 0.1) is 0 Å². The molecule has 1 unspecified atom stereocenters. The Labute approximate surface area is 116 Å². The summed E-state index contributed by atoms with van der Waals surface area (Å²) in [7, 11) is 0. The van der Waals surface area contributed by atoms with Crippen LogP contribution in [0.5, 0.6) is 0 Å². The third kappa shape index (κ3) is 3.82. The van der Waals surface area contributed by atoms with Crippen molar-refractivity contribution in [2.45, 2.75) is 50.7 Å². The normalized spacial score (nSPS) is 21.5. The van der Waals surface area contributed by atoms with Crippen LogP contribution in [0.3, 0.4) is 0 Å². The van der Waals surface area contributed by atoms with Gasteiger partial charge in [0.15, 0.2) is 0 Å². The molecule has 2 nitrogen and oxygen atoms in total. The molecule has 0 aromatic carbocycles. The maximum absolute atomic E-state index is 12.5. The zero-order chi connectivity index (χ0) is 14.6. The lowest BCUT2D eigenvalue weighted by Crippen LogP contribution is -2.16. The highest BCUT2D eigenvalue weighted by Gasteiger charge is 2.31. The highest BCUT2D eigenvalue weighted by atomic mass is 19.4. The van der Waals surface area contributed by atoms with Crippen LogP contribution in [0.15, 0.2) is 30.0 Å². The van der Waals surface area contributed by atoms with Gasteiger partial charge in [-0.05, 0) is 37.8 Å². The first-order valence-corrected chi connectivity index (χ1v) is 6.96. The van der Waals surface area contributed by atoms with Gasteiger partial charge in [0, 0.05) is 6.20 Å². The Hall–Kier alpha value is -1.36. The van der Waals surface area contributed by atoms with Gasteiger partial charge in [0.1, 0.15) is 0 Å². The van der Waals surface area contributed by atoms with Gasteiger partial charge >= 0.3 is 6.18 Å². The summed E-state index contributed by atoms with van der Waals surface area (Å²) in [6, 6.07) is 2.04. The zero-order valence-electron chi connectivity index (χ0n) is 11.3. The van der Waals surface area contributed by atoms with E-state index in [1.165, 1.54) is 18.9 Å². The Morgan fingerprint density at radius 1 is 1.10 bits per heavy atom. The Bertz CT molecular complexity index is 463. The molecule has 1 aromatic rings. The number of allylic oxidation sites excluding steroid dienone is 1. The molecule has 0 radical (unpaired) electrons. The van der Waals surface area contributed by atoms with Crippen LogP contribution in [-0.4, -0.2) is 4.98 Å². The molecular weight excluding hydrogens is 265 g/mol. The van der Waals surface area contributed by atoms with E-state index < -0.39 is 17.8 Å². The molecule has 0 bridgehead atoms. The third-order valence-corrected chi connectivity index (χ3v) is 3.66.